The molecule has 0 amide bonds. The molecule has 1 fully saturated rings. The summed E-state index contributed by atoms with van der Waals surface area (Å²) in [6.07, 6.45) is 1.63. The molecule has 6 heteroatoms. The lowest BCUT2D eigenvalue weighted by Gasteiger charge is -2.26. The van der Waals surface area contributed by atoms with Crippen molar-refractivity contribution in [1.82, 2.24) is 14.9 Å². The molecule has 0 bridgehead atoms. The van der Waals surface area contributed by atoms with Gasteiger partial charge in [-0.3, -0.25) is 4.90 Å². The second kappa shape index (κ2) is 7.47. The van der Waals surface area contributed by atoms with Crippen LogP contribution in [0.5, 0.6) is 0 Å². The lowest BCUT2D eigenvalue weighted by atomic mass is 10.1. The molecule has 1 aromatic carbocycles. The molecule has 130 valence electrons. The summed E-state index contributed by atoms with van der Waals surface area (Å²) in [5.41, 5.74) is 2.60. The zero-order valence-corrected chi connectivity index (χ0v) is 15.2. The fourth-order valence-corrected chi connectivity index (χ4v) is 3.93. The highest BCUT2D eigenvalue weighted by Gasteiger charge is 2.10. The van der Waals surface area contributed by atoms with Crippen LogP contribution in [0.4, 0.5) is 5.82 Å². The fourth-order valence-electron chi connectivity index (χ4n) is 3.08. The Bertz CT molecular complexity index is 840. The summed E-state index contributed by atoms with van der Waals surface area (Å²) < 4.78 is 5.40. The highest BCUT2D eigenvalue weighted by molar-refractivity contribution is 7.18. The summed E-state index contributed by atoms with van der Waals surface area (Å²) in [5, 5.41) is 4.55. The van der Waals surface area contributed by atoms with E-state index in [1.807, 2.05) is 0 Å². The third-order valence-electron chi connectivity index (χ3n) is 4.45. The topological polar surface area (TPSA) is 50.3 Å². The van der Waals surface area contributed by atoms with E-state index in [2.05, 4.69) is 57.4 Å². The summed E-state index contributed by atoms with van der Waals surface area (Å²) in [6, 6.07) is 11.0. The number of morpholine rings is 1. The Morgan fingerprint density at radius 2 is 1.88 bits per heavy atom. The molecule has 0 unspecified atom stereocenters. The highest BCUT2D eigenvalue weighted by atomic mass is 32.1. The lowest BCUT2D eigenvalue weighted by Crippen LogP contribution is -2.35. The predicted molar refractivity (Wildman–Crippen MR) is 102 cm³/mol. The average molecular weight is 354 g/mol. The Kier molecular flexibility index (Phi) is 4.92. The Morgan fingerprint density at radius 1 is 1.12 bits per heavy atom. The van der Waals surface area contributed by atoms with Crippen LogP contribution in [0.15, 0.2) is 36.7 Å². The normalized spacial score (nSPS) is 15.6. The van der Waals surface area contributed by atoms with Crippen LogP contribution in [0.2, 0.25) is 0 Å². The number of hydrogen-bond acceptors (Lipinski definition) is 6. The number of aryl methyl sites for hydroxylation is 1. The van der Waals surface area contributed by atoms with Crippen molar-refractivity contribution in [1.29, 1.82) is 0 Å². The first-order valence-electron chi connectivity index (χ1n) is 8.61. The monoisotopic (exact) mass is 354 g/mol. The minimum absolute atomic E-state index is 0.763. The molecule has 0 saturated carbocycles. The van der Waals surface area contributed by atoms with Crippen molar-refractivity contribution in [2.45, 2.75) is 20.0 Å². The molecular weight excluding hydrogens is 332 g/mol. The second-order valence-corrected chi connectivity index (χ2v) is 7.59. The Morgan fingerprint density at radius 3 is 2.68 bits per heavy atom. The number of rotatable bonds is 5. The SMILES string of the molecule is Cc1cc2c(NCc3ccc(CN4CCOCC4)cc3)ncnc2s1. The van der Waals surface area contributed by atoms with Crippen LogP contribution >= 0.6 is 11.3 Å². The maximum Gasteiger partial charge on any atom is 0.138 e. The standard InChI is InChI=1S/C19H22N4OS/c1-14-10-17-18(21-13-22-19(17)25-14)20-11-15-2-4-16(5-3-15)12-23-6-8-24-9-7-23/h2-5,10,13H,6-9,11-12H2,1H3,(H,20,21,22). The van der Waals surface area contributed by atoms with Crippen LogP contribution in [0.25, 0.3) is 10.2 Å². The molecule has 1 N–H and O–H groups in total. The van der Waals surface area contributed by atoms with Gasteiger partial charge in [0.25, 0.3) is 0 Å². The number of anilines is 1. The van der Waals surface area contributed by atoms with Gasteiger partial charge < -0.3 is 10.1 Å². The smallest absolute Gasteiger partial charge is 0.138 e. The van der Waals surface area contributed by atoms with Crippen molar-refractivity contribution in [2.75, 3.05) is 31.6 Å². The summed E-state index contributed by atoms with van der Waals surface area (Å²) in [4.78, 5) is 13.5. The van der Waals surface area contributed by atoms with Crippen LogP contribution < -0.4 is 5.32 Å². The molecule has 2 aromatic heterocycles. The van der Waals surface area contributed by atoms with E-state index in [1.165, 1.54) is 16.0 Å². The van der Waals surface area contributed by atoms with Crippen LogP contribution in [0, 0.1) is 6.92 Å². The van der Waals surface area contributed by atoms with Gasteiger partial charge in [0.15, 0.2) is 0 Å². The molecular formula is C19H22N4OS. The number of aromatic nitrogens is 2. The minimum atomic E-state index is 0.763. The van der Waals surface area contributed by atoms with Crippen LogP contribution in [0.1, 0.15) is 16.0 Å². The number of thiophene rings is 1. The maximum atomic E-state index is 5.40. The third kappa shape index (κ3) is 3.98. The van der Waals surface area contributed by atoms with Gasteiger partial charge in [0, 0.05) is 31.1 Å². The number of nitrogens with one attached hydrogen (secondary N) is 1. The molecule has 0 spiro atoms. The summed E-state index contributed by atoms with van der Waals surface area (Å²) in [5.74, 6) is 0.909. The molecule has 1 aliphatic heterocycles. The molecule has 3 heterocycles. The largest absolute Gasteiger partial charge is 0.379 e. The first-order chi connectivity index (χ1) is 12.3. The van der Waals surface area contributed by atoms with Gasteiger partial charge in [-0.25, -0.2) is 9.97 Å². The molecule has 3 aromatic rings. The summed E-state index contributed by atoms with van der Waals surface area (Å²) in [6.45, 7) is 7.59. The third-order valence-corrected chi connectivity index (χ3v) is 5.40. The Hall–Kier alpha value is -2.02. The van der Waals surface area contributed by atoms with Crippen LogP contribution in [0.3, 0.4) is 0 Å². The van der Waals surface area contributed by atoms with E-state index in [0.29, 0.717) is 0 Å². The van der Waals surface area contributed by atoms with Gasteiger partial charge in [-0.1, -0.05) is 24.3 Å². The van der Waals surface area contributed by atoms with Crippen molar-refractivity contribution in [3.05, 3.63) is 52.7 Å². The number of nitrogens with zero attached hydrogens (tertiary/aromatic N) is 3. The maximum absolute atomic E-state index is 5.40. The van der Waals surface area contributed by atoms with E-state index in [4.69, 9.17) is 4.74 Å². The molecule has 0 atom stereocenters. The Labute approximate surface area is 151 Å². The van der Waals surface area contributed by atoms with Crippen molar-refractivity contribution in [3.8, 4) is 0 Å². The van der Waals surface area contributed by atoms with E-state index in [9.17, 15) is 0 Å². The van der Waals surface area contributed by atoms with E-state index in [0.717, 1.165) is 55.4 Å². The van der Waals surface area contributed by atoms with Crippen molar-refractivity contribution >= 4 is 27.4 Å². The molecule has 25 heavy (non-hydrogen) atoms. The summed E-state index contributed by atoms with van der Waals surface area (Å²) >= 11 is 1.70. The predicted octanol–water partition coefficient (Wildman–Crippen LogP) is 3.44. The number of fused-ring (bicyclic) bond motifs is 1. The zero-order chi connectivity index (χ0) is 17.1. The van der Waals surface area contributed by atoms with Gasteiger partial charge in [-0.05, 0) is 24.1 Å². The number of benzene rings is 1. The lowest BCUT2D eigenvalue weighted by molar-refractivity contribution is 0.0342. The highest BCUT2D eigenvalue weighted by Crippen LogP contribution is 2.27. The van der Waals surface area contributed by atoms with Crippen molar-refractivity contribution in [2.24, 2.45) is 0 Å². The molecule has 0 aliphatic carbocycles. The zero-order valence-electron chi connectivity index (χ0n) is 14.4. The molecule has 0 radical (unpaired) electrons. The summed E-state index contributed by atoms with van der Waals surface area (Å²) in [7, 11) is 0. The van der Waals surface area contributed by atoms with E-state index in [1.54, 1.807) is 17.7 Å². The van der Waals surface area contributed by atoms with Gasteiger partial charge in [0.05, 0.1) is 18.6 Å². The van der Waals surface area contributed by atoms with Crippen molar-refractivity contribution < 1.29 is 4.74 Å². The molecule has 1 saturated heterocycles. The first kappa shape index (κ1) is 16.4. The van der Waals surface area contributed by atoms with Gasteiger partial charge >= 0.3 is 0 Å². The van der Waals surface area contributed by atoms with Crippen LogP contribution in [-0.4, -0.2) is 41.2 Å². The quantitative estimate of drug-likeness (QED) is 0.761. The fraction of sp³-hybridized carbons (Fsp3) is 0.368. The van der Waals surface area contributed by atoms with Gasteiger partial charge in [0.2, 0.25) is 0 Å². The molecule has 1 aliphatic rings. The van der Waals surface area contributed by atoms with E-state index in [-0.39, 0.29) is 0 Å². The van der Waals surface area contributed by atoms with E-state index < -0.39 is 0 Å². The second-order valence-electron chi connectivity index (χ2n) is 6.36. The van der Waals surface area contributed by atoms with Gasteiger partial charge in [-0.2, -0.15) is 0 Å². The first-order valence-corrected chi connectivity index (χ1v) is 9.42. The average Bonchev–Trinajstić information content (AvgIpc) is 3.03. The number of ether oxygens (including phenoxy) is 1. The molecule has 5 nitrogen and oxygen atoms in total. The molecule has 4 rings (SSSR count). The number of hydrogen-bond donors (Lipinski definition) is 1. The van der Waals surface area contributed by atoms with Crippen LogP contribution in [-0.2, 0) is 17.8 Å². The minimum Gasteiger partial charge on any atom is -0.379 e. The van der Waals surface area contributed by atoms with Gasteiger partial charge in [0.1, 0.15) is 17.0 Å². The van der Waals surface area contributed by atoms with E-state index >= 15 is 0 Å². The van der Waals surface area contributed by atoms with Gasteiger partial charge in [-0.15, -0.1) is 11.3 Å². The van der Waals surface area contributed by atoms with Crippen molar-refractivity contribution in [3.63, 3.8) is 0 Å². The Balaban J connectivity index is 1.39.